The normalized spacial score (nSPS) is 18.1. The van der Waals surface area contributed by atoms with Crippen LogP contribution in [0.4, 0.5) is 8.78 Å². The Balaban J connectivity index is 1.41. The molecule has 34 heavy (non-hydrogen) atoms. The number of nitrogens with zero attached hydrogens (tertiary/aromatic N) is 1. The van der Waals surface area contributed by atoms with E-state index in [1.165, 1.54) is 61.3 Å². The molecule has 0 bridgehead atoms. The van der Waals surface area contributed by atoms with Gasteiger partial charge in [-0.05, 0) is 79.9 Å². The lowest BCUT2D eigenvalue weighted by atomic mass is 9.90. The summed E-state index contributed by atoms with van der Waals surface area (Å²) in [4.78, 5) is 15.3. The molecule has 2 aliphatic rings. The fourth-order valence-electron chi connectivity index (χ4n) is 4.54. The number of halogens is 3. The van der Waals surface area contributed by atoms with Gasteiger partial charge in [-0.2, -0.15) is 8.78 Å². The van der Waals surface area contributed by atoms with Crippen LogP contribution in [0.1, 0.15) is 50.5 Å². The van der Waals surface area contributed by atoms with Crippen molar-refractivity contribution >= 4 is 29.5 Å². The minimum Gasteiger partial charge on any atom is -0.493 e. The molecule has 2 fully saturated rings. The molecule has 0 radical (unpaired) electrons. The smallest absolute Gasteiger partial charge is 0.298 e. The second kappa shape index (κ2) is 11.7. The molecule has 0 aromatic heterocycles. The largest absolute Gasteiger partial charge is 0.493 e. The molecule has 4 nitrogen and oxygen atoms in total. The number of alkyl halides is 2. The molecule has 1 atom stereocenters. The number of hydrogen-bond acceptors (Lipinski definition) is 4. The summed E-state index contributed by atoms with van der Waals surface area (Å²) in [7, 11) is 0. The number of ether oxygens (including phenoxy) is 1. The van der Waals surface area contributed by atoms with E-state index in [1.54, 1.807) is 0 Å². The van der Waals surface area contributed by atoms with Gasteiger partial charge < -0.3 is 9.64 Å². The minimum atomic E-state index is -3.40. The zero-order valence-electron chi connectivity index (χ0n) is 19.2. The molecule has 1 amide bonds. The van der Waals surface area contributed by atoms with Crippen LogP contribution in [0.2, 0.25) is 5.02 Å². The van der Waals surface area contributed by atoms with Crippen molar-refractivity contribution in [2.75, 3.05) is 19.7 Å². The number of nitrogens with one attached hydrogen (secondary N) is 1. The molecule has 1 saturated carbocycles. The standard InChI is InChI=1S/C26H31ClF2N2O2S/c27-21-10-8-20(9-11-21)26(28,29)24(25(32)31-16-4-5-17-31)30-34-23-14-12-22(13-15-23)33-18-19-6-2-1-3-7-19/h8-15,19,24,30H,1-7,16-18H2. The third-order valence-corrected chi connectivity index (χ3v) is 7.70. The molecule has 1 heterocycles. The first-order valence-electron chi connectivity index (χ1n) is 12.0. The highest BCUT2D eigenvalue weighted by Gasteiger charge is 2.48. The monoisotopic (exact) mass is 508 g/mol. The van der Waals surface area contributed by atoms with Crippen molar-refractivity contribution in [1.29, 1.82) is 0 Å². The first-order chi connectivity index (χ1) is 16.4. The van der Waals surface area contributed by atoms with Crippen molar-refractivity contribution in [1.82, 2.24) is 9.62 Å². The SMILES string of the molecule is O=C(C(NSc1ccc(OCC2CCCCC2)cc1)C(F)(F)c1ccc(Cl)cc1)N1CCCC1. The van der Waals surface area contributed by atoms with Crippen LogP contribution in [-0.2, 0) is 10.7 Å². The van der Waals surface area contributed by atoms with Gasteiger partial charge in [0.15, 0.2) is 6.04 Å². The second-order valence-electron chi connectivity index (χ2n) is 9.10. The first kappa shape index (κ1) is 25.3. The first-order valence-corrected chi connectivity index (χ1v) is 13.2. The van der Waals surface area contributed by atoms with Gasteiger partial charge in [0.05, 0.1) is 6.61 Å². The average Bonchev–Trinajstić information content (AvgIpc) is 3.39. The van der Waals surface area contributed by atoms with E-state index in [0.29, 0.717) is 30.6 Å². The van der Waals surface area contributed by atoms with Crippen molar-refractivity contribution < 1.29 is 18.3 Å². The third kappa shape index (κ3) is 6.43. The number of rotatable bonds is 9. The average molecular weight is 509 g/mol. The molecule has 4 rings (SSSR count). The summed E-state index contributed by atoms with van der Waals surface area (Å²) in [6.07, 6.45) is 7.95. The van der Waals surface area contributed by atoms with E-state index in [9.17, 15) is 4.79 Å². The highest BCUT2D eigenvalue weighted by atomic mass is 35.5. The van der Waals surface area contributed by atoms with Gasteiger partial charge in [0.25, 0.3) is 5.92 Å². The molecule has 2 aromatic rings. The third-order valence-electron chi connectivity index (χ3n) is 6.59. The highest BCUT2D eigenvalue weighted by molar-refractivity contribution is 7.97. The van der Waals surface area contributed by atoms with Gasteiger partial charge in [-0.1, -0.05) is 43.0 Å². The molecule has 1 aliphatic carbocycles. The number of hydrogen-bond donors (Lipinski definition) is 1. The van der Waals surface area contributed by atoms with E-state index >= 15 is 8.78 Å². The van der Waals surface area contributed by atoms with Crippen LogP contribution < -0.4 is 9.46 Å². The van der Waals surface area contributed by atoms with Crippen molar-refractivity contribution in [3.8, 4) is 5.75 Å². The predicted molar refractivity (Wildman–Crippen MR) is 132 cm³/mol. The van der Waals surface area contributed by atoms with E-state index in [1.807, 2.05) is 24.3 Å². The van der Waals surface area contributed by atoms with Crippen LogP contribution in [-0.4, -0.2) is 36.5 Å². The predicted octanol–water partition coefficient (Wildman–Crippen LogP) is 6.68. The highest BCUT2D eigenvalue weighted by Crippen LogP contribution is 2.36. The number of benzene rings is 2. The molecule has 2 aromatic carbocycles. The molecule has 1 aliphatic heterocycles. The maximum atomic E-state index is 15.5. The van der Waals surface area contributed by atoms with Gasteiger partial charge in [0.1, 0.15) is 5.75 Å². The van der Waals surface area contributed by atoms with Crippen LogP contribution in [0.5, 0.6) is 5.75 Å². The lowest BCUT2D eigenvalue weighted by molar-refractivity contribution is -0.143. The molecular formula is C26H31ClF2N2O2S. The Labute approximate surface area is 209 Å². The van der Waals surface area contributed by atoms with Gasteiger partial charge in [-0.3, -0.25) is 4.79 Å². The van der Waals surface area contributed by atoms with Crippen LogP contribution in [0.3, 0.4) is 0 Å². The number of amides is 1. The lowest BCUT2D eigenvalue weighted by Crippen LogP contribution is -2.52. The zero-order chi connectivity index (χ0) is 24.0. The Bertz CT molecular complexity index is 931. The molecule has 1 N–H and O–H groups in total. The summed E-state index contributed by atoms with van der Waals surface area (Å²) >= 11 is 6.91. The van der Waals surface area contributed by atoms with Gasteiger partial charge in [0.2, 0.25) is 5.91 Å². The van der Waals surface area contributed by atoms with Crippen LogP contribution in [0.25, 0.3) is 0 Å². The van der Waals surface area contributed by atoms with Crippen molar-refractivity contribution in [3.05, 3.63) is 59.1 Å². The van der Waals surface area contributed by atoms with Crippen LogP contribution >= 0.6 is 23.5 Å². The summed E-state index contributed by atoms with van der Waals surface area (Å²) < 4.78 is 39.7. The van der Waals surface area contributed by atoms with Gasteiger partial charge in [0, 0.05) is 28.6 Å². The summed E-state index contributed by atoms with van der Waals surface area (Å²) in [6, 6.07) is 11.0. The van der Waals surface area contributed by atoms with Crippen molar-refractivity contribution in [2.24, 2.45) is 5.92 Å². The Hall–Kier alpha value is -1.83. The van der Waals surface area contributed by atoms with Gasteiger partial charge in [-0.15, -0.1) is 0 Å². The van der Waals surface area contributed by atoms with E-state index in [2.05, 4.69) is 4.72 Å². The quantitative estimate of drug-likeness (QED) is 0.384. The lowest BCUT2D eigenvalue weighted by Gasteiger charge is -2.30. The topological polar surface area (TPSA) is 41.6 Å². The van der Waals surface area contributed by atoms with Crippen LogP contribution in [0, 0.1) is 5.92 Å². The van der Waals surface area contributed by atoms with Gasteiger partial charge >= 0.3 is 0 Å². The molecule has 1 unspecified atom stereocenters. The maximum Gasteiger partial charge on any atom is 0.298 e. The number of carbonyl (C=O) groups is 1. The van der Waals surface area contributed by atoms with E-state index in [0.717, 1.165) is 35.4 Å². The Morgan fingerprint density at radius 1 is 1.03 bits per heavy atom. The van der Waals surface area contributed by atoms with Gasteiger partial charge in [-0.25, -0.2) is 4.72 Å². The minimum absolute atomic E-state index is 0.242. The molecular weight excluding hydrogens is 478 g/mol. The molecule has 184 valence electrons. The molecule has 1 saturated heterocycles. The molecule has 0 spiro atoms. The van der Waals surface area contributed by atoms with Crippen LogP contribution in [0.15, 0.2) is 53.4 Å². The Kier molecular flexibility index (Phi) is 8.72. The maximum absolute atomic E-state index is 15.5. The number of likely N-dealkylation sites (tertiary alicyclic amines) is 1. The summed E-state index contributed by atoms with van der Waals surface area (Å²) in [5.41, 5.74) is -0.242. The molecule has 8 heteroatoms. The number of carbonyl (C=O) groups excluding carboxylic acids is 1. The van der Waals surface area contributed by atoms with E-state index in [-0.39, 0.29) is 5.56 Å². The van der Waals surface area contributed by atoms with Crippen molar-refractivity contribution in [2.45, 2.75) is 61.8 Å². The fourth-order valence-corrected chi connectivity index (χ4v) is 5.44. The zero-order valence-corrected chi connectivity index (χ0v) is 20.7. The van der Waals surface area contributed by atoms with E-state index in [4.69, 9.17) is 16.3 Å². The second-order valence-corrected chi connectivity index (χ2v) is 10.4. The fraction of sp³-hybridized carbons (Fsp3) is 0.500. The summed E-state index contributed by atoms with van der Waals surface area (Å²) in [5.74, 6) is -2.61. The Morgan fingerprint density at radius 3 is 2.32 bits per heavy atom. The summed E-state index contributed by atoms with van der Waals surface area (Å²) in [6.45, 7) is 1.72. The summed E-state index contributed by atoms with van der Waals surface area (Å²) in [5, 5.41) is 0.370. The Morgan fingerprint density at radius 2 is 1.68 bits per heavy atom. The van der Waals surface area contributed by atoms with E-state index < -0.39 is 17.9 Å². The van der Waals surface area contributed by atoms with Crippen molar-refractivity contribution in [3.63, 3.8) is 0 Å².